The average molecular weight is 602 g/mol. The first-order chi connectivity index (χ1) is 17.5. The number of hydrogen-bond acceptors (Lipinski definition) is 6. The highest BCUT2D eigenvalue weighted by atomic mass is 79.9. The second kappa shape index (κ2) is 9.01. The third-order valence-corrected chi connectivity index (χ3v) is 8.79. The van der Waals surface area contributed by atoms with Crippen molar-refractivity contribution in [3.63, 3.8) is 0 Å². The summed E-state index contributed by atoms with van der Waals surface area (Å²) in [5, 5.41) is 7.30. The zero-order valence-corrected chi connectivity index (χ0v) is 22.7. The van der Waals surface area contributed by atoms with E-state index in [1.807, 2.05) is 18.2 Å². The summed E-state index contributed by atoms with van der Waals surface area (Å²) < 4.78 is 55.3. The van der Waals surface area contributed by atoms with Crippen LogP contribution >= 0.6 is 15.9 Å². The predicted molar refractivity (Wildman–Crippen MR) is 145 cm³/mol. The number of nitrogens with zero attached hydrogens (tertiary/aromatic N) is 3. The van der Waals surface area contributed by atoms with Crippen LogP contribution in [0.3, 0.4) is 0 Å². The molecule has 3 aromatic carbocycles. The molecule has 2 N–H and O–H groups in total. The molecule has 37 heavy (non-hydrogen) atoms. The first-order valence-corrected chi connectivity index (χ1v) is 15.0. The zero-order chi connectivity index (χ0) is 26.5. The zero-order valence-electron chi connectivity index (χ0n) is 19.5. The molecule has 0 saturated heterocycles. The normalized spacial score (nSPS) is 14.0. The minimum absolute atomic E-state index is 0.0929. The average Bonchev–Trinajstić information content (AvgIpc) is 3.24. The van der Waals surface area contributed by atoms with Crippen LogP contribution in [0.25, 0.3) is 16.9 Å². The molecule has 190 valence electrons. The molecule has 1 amide bonds. The summed E-state index contributed by atoms with van der Waals surface area (Å²) in [5.41, 5.74) is 2.25. The van der Waals surface area contributed by atoms with Gasteiger partial charge in [-0.05, 0) is 58.4 Å². The number of nitrogens with one attached hydrogen (secondary N) is 2. The van der Waals surface area contributed by atoms with Crippen LogP contribution in [0.2, 0.25) is 0 Å². The van der Waals surface area contributed by atoms with Gasteiger partial charge in [0.2, 0.25) is 10.0 Å². The molecular weight excluding hydrogens is 582 g/mol. The maximum absolute atomic E-state index is 13.5. The van der Waals surface area contributed by atoms with Crippen molar-refractivity contribution < 1.29 is 21.6 Å². The van der Waals surface area contributed by atoms with Gasteiger partial charge in [-0.2, -0.15) is 5.10 Å². The Morgan fingerprint density at radius 2 is 1.57 bits per heavy atom. The number of benzene rings is 3. The molecular formula is C24H20BrN5O5S2. The van der Waals surface area contributed by atoms with E-state index in [-0.39, 0.29) is 16.3 Å². The predicted octanol–water partition coefficient (Wildman–Crippen LogP) is 4.06. The lowest BCUT2D eigenvalue weighted by Gasteiger charge is -2.27. The SMILES string of the molecule is CN1c2c(C(=O)Nc3ccc(NS(C)(=O)=O)cc3)nn(-c3ccccc3Br)c2-c2ccccc2S1(=O)=O. The van der Waals surface area contributed by atoms with Crippen LogP contribution in [0.5, 0.6) is 0 Å². The molecule has 10 nitrogen and oxygen atoms in total. The van der Waals surface area contributed by atoms with E-state index in [2.05, 4.69) is 31.1 Å². The van der Waals surface area contributed by atoms with E-state index in [0.717, 1.165) is 10.6 Å². The van der Waals surface area contributed by atoms with E-state index in [0.29, 0.717) is 32.8 Å². The molecule has 5 rings (SSSR count). The Hall–Kier alpha value is -3.68. The Morgan fingerprint density at radius 3 is 2.24 bits per heavy atom. The highest BCUT2D eigenvalue weighted by Crippen LogP contribution is 2.45. The molecule has 2 heterocycles. The van der Waals surface area contributed by atoms with Gasteiger partial charge in [0.05, 0.1) is 16.8 Å². The summed E-state index contributed by atoms with van der Waals surface area (Å²) >= 11 is 3.52. The number of aromatic nitrogens is 2. The summed E-state index contributed by atoms with van der Waals surface area (Å²) in [5.74, 6) is -0.632. The van der Waals surface area contributed by atoms with E-state index < -0.39 is 26.0 Å². The number of carbonyl (C=O) groups is 1. The van der Waals surface area contributed by atoms with E-state index in [9.17, 15) is 21.6 Å². The first kappa shape index (κ1) is 25.0. The van der Waals surface area contributed by atoms with Gasteiger partial charge in [0.15, 0.2) is 5.69 Å². The molecule has 0 spiro atoms. The molecule has 13 heteroatoms. The van der Waals surface area contributed by atoms with Gasteiger partial charge >= 0.3 is 0 Å². The van der Waals surface area contributed by atoms with Gasteiger partial charge in [-0.3, -0.25) is 13.8 Å². The standard InChI is InChI=1S/C24H20BrN5O5S2/c1-29-23-21(24(31)26-15-11-13-16(14-12-15)28-36(2,32)33)27-30(19-9-5-4-8-18(19)25)22(23)17-7-3-6-10-20(17)37(29,34)35/h3-14,28H,1-2H3,(H,26,31). The van der Waals surface area contributed by atoms with Crippen molar-refractivity contribution in [1.82, 2.24) is 9.78 Å². The van der Waals surface area contributed by atoms with E-state index in [1.54, 1.807) is 28.9 Å². The van der Waals surface area contributed by atoms with Gasteiger partial charge in [0.1, 0.15) is 11.4 Å². The van der Waals surface area contributed by atoms with Crippen molar-refractivity contribution in [3.8, 4) is 16.9 Å². The Bertz CT molecular complexity index is 1770. The van der Waals surface area contributed by atoms with Crippen molar-refractivity contribution in [3.05, 3.63) is 83.0 Å². The van der Waals surface area contributed by atoms with Gasteiger partial charge < -0.3 is 5.32 Å². The molecule has 0 bridgehead atoms. The number of rotatable bonds is 5. The second-order valence-corrected chi connectivity index (χ2v) is 12.8. The van der Waals surface area contributed by atoms with Crippen LogP contribution in [-0.2, 0) is 20.0 Å². The van der Waals surface area contributed by atoms with Crippen molar-refractivity contribution in [2.75, 3.05) is 27.6 Å². The molecule has 0 saturated carbocycles. The van der Waals surface area contributed by atoms with Crippen LogP contribution in [0.4, 0.5) is 17.1 Å². The summed E-state index contributed by atoms with van der Waals surface area (Å²) in [4.78, 5) is 13.6. The summed E-state index contributed by atoms with van der Waals surface area (Å²) in [7, 11) is -6.01. The Labute approximate surface area is 222 Å². The molecule has 0 aliphatic carbocycles. The smallest absolute Gasteiger partial charge is 0.278 e. The Kier molecular flexibility index (Phi) is 6.09. The maximum Gasteiger partial charge on any atom is 0.278 e. The lowest BCUT2D eigenvalue weighted by atomic mass is 10.1. The number of sulfonamides is 2. The largest absolute Gasteiger partial charge is 0.321 e. The minimum atomic E-state index is -3.94. The van der Waals surface area contributed by atoms with Crippen molar-refractivity contribution in [2.24, 2.45) is 0 Å². The van der Waals surface area contributed by atoms with Crippen molar-refractivity contribution >= 4 is 58.9 Å². The quantitative estimate of drug-likeness (QED) is 0.354. The third-order valence-electron chi connectivity index (χ3n) is 5.70. The lowest BCUT2D eigenvalue weighted by Crippen LogP contribution is -2.32. The number of amides is 1. The second-order valence-electron chi connectivity index (χ2n) is 8.28. The molecule has 0 fully saturated rings. The van der Waals surface area contributed by atoms with E-state index >= 15 is 0 Å². The molecule has 1 aliphatic heterocycles. The molecule has 0 unspecified atom stereocenters. The highest BCUT2D eigenvalue weighted by molar-refractivity contribution is 9.10. The number of halogens is 1. The van der Waals surface area contributed by atoms with E-state index in [4.69, 9.17) is 0 Å². The fourth-order valence-corrected chi connectivity index (χ4v) is 6.50. The van der Waals surface area contributed by atoms with Crippen LogP contribution in [0.1, 0.15) is 10.5 Å². The molecule has 0 radical (unpaired) electrons. The van der Waals surface area contributed by atoms with Crippen molar-refractivity contribution in [2.45, 2.75) is 4.90 Å². The van der Waals surface area contributed by atoms with Crippen LogP contribution < -0.4 is 14.3 Å². The van der Waals surface area contributed by atoms with E-state index in [1.165, 1.54) is 37.4 Å². The third kappa shape index (κ3) is 4.49. The number of hydrogen-bond donors (Lipinski definition) is 2. The molecule has 1 aromatic heterocycles. The number of fused-ring (bicyclic) bond motifs is 3. The fourth-order valence-electron chi connectivity index (χ4n) is 4.08. The number of para-hydroxylation sites is 1. The van der Waals surface area contributed by atoms with Crippen LogP contribution in [0, 0.1) is 0 Å². The van der Waals surface area contributed by atoms with Gasteiger partial charge in [-0.1, -0.05) is 30.3 Å². The van der Waals surface area contributed by atoms with Gasteiger partial charge in [0.25, 0.3) is 15.9 Å². The lowest BCUT2D eigenvalue weighted by molar-refractivity contribution is 0.102. The van der Waals surface area contributed by atoms with Gasteiger partial charge in [-0.25, -0.2) is 21.5 Å². The van der Waals surface area contributed by atoms with Gasteiger partial charge in [-0.15, -0.1) is 0 Å². The number of carbonyl (C=O) groups excluding carboxylic acids is 1. The van der Waals surface area contributed by atoms with Crippen LogP contribution in [-0.4, -0.2) is 45.8 Å². The minimum Gasteiger partial charge on any atom is -0.321 e. The van der Waals surface area contributed by atoms with Gasteiger partial charge in [0, 0.05) is 28.5 Å². The summed E-state index contributed by atoms with van der Waals surface area (Å²) in [6.45, 7) is 0. The highest BCUT2D eigenvalue weighted by Gasteiger charge is 2.40. The molecule has 4 aromatic rings. The fraction of sp³-hybridized carbons (Fsp3) is 0.0833. The Morgan fingerprint density at radius 1 is 0.946 bits per heavy atom. The molecule has 1 aliphatic rings. The first-order valence-electron chi connectivity index (χ1n) is 10.8. The summed E-state index contributed by atoms with van der Waals surface area (Å²) in [6, 6.07) is 19.9. The topological polar surface area (TPSA) is 130 Å². The molecule has 0 atom stereocenters. The summed E-state index contributed by atoms with van der Waals surface area (Å²) in [6.07, 6.45) is 1.04. The van der Waals surface area contributed by atoms with Crippen LogP contribution in [0.15, 0.2) is 82.2 Å². The maximum atomic E-state index is 13.5. The van der Waals surface area contributed by atoms with Crippen molar-refractivity contribution in [1.29, 1.82) is 0 Å². The number of anilines is 3. The monoisotopic (exact) mass is 601 g/mol. The Balaban J connectivity index is 1.65.